The molecule has 1 aromatic carbocycles. The Morgan fingerprint density at radius 2 is 1.75 bits per heavy atom. The Kier molecular flexibility index (Phi) is 4.53. The lowest BCUT2D eigenvalue weighted by Gasteiger charge is -2.13. The summed E-state index contributed by atoms with van der Waals surface area (Å²) >= 11 is 0. The van der Waals surface area contributed by atoms with Crippen molar-refractivity contribution in [3.8, 4) is 0 Å². The molecule has 16 heavy (non-hydrogen) atoms. The van der Waals surface area contributed by atoms with Crippen molar-refractivity contribution >= 4 is 5.97 Å². The molecule has 0 fully saturated rings. The Morgan fingerprint density at radius 3 is 2.25 bits per heavy atom. The average Bonchev–Trinajstić information content (AvgIpc) is 2.26. The molecule has 0 amide bonds. The van der Waals surface area contributed by atoms with Crippen molar-refractivity contribution in [2.24, 2.45) is 5.92 Å². The summed E-state index contributed by atoms with van der Waals surface area (Å²) < 4.78 is 5.21. The van der Waals surface area contributed by atoms with Gasteiger partial charge in [0.25, 0.3) is 0 Å². The third kappa shape index (κ3) is 3.69. The van der Waals surface area contributed by atoms with Crippen LogP contribution in [0.4, 0.5) is 0 Å². The van der Waals surface area contributed by atoms with Crippen molar-refractivity contribution in [3.63, 3.8) is 0 Å². The summed E-state index contributed by atoms with van der Waals surface area (Å²) in [6.45, 7) is 8.47. The van der Waals surface area contributed by atoms with E-state index in [1.54, 1.807) is 0 Å². The van der Waals surface area contributed by atoms with Gasteiger partial charge in [0.05, 0.1) is 12.5 Å². The summed E-state index contributed by atoms with van der Waals surface area (Å²) in [5, 5.41) is 0. The molecule has 0 spiro atoms. The van der Waals surface area contributed by atoms with Crippen molar-refractivity contribution < 1.29 is 9.53 Å². The lowest BCUT2D eigenvalue weighted by Crippen LogP contribution is -2.16. The first-order chi connectivity index (χ1) is 7.50. The molecule has 1 rings (SSSR count). The minimum atomic E-state index is -0.181. The molecule has 0 aromatic heterocycles. The minimum Gasteiger partial charge on any atom is -0.465 e. The highest BCUT2D eigenvalue weighted by molar-refractivity contribution is 5.77. The molecular weight excluding hydrogens is 200 g/mol. The zero-order chi connectivity index (χ0) is 12.1. The van der Waals surface area contributed by atoms with E-state index in [0.717, 1.165) is 5.56 Å². The van der Waals surface area contributed by atoms with E-state index in [1.165, 1.54) is 5.56 Å². The number of rotatable bonds is 4. The standard InChI is InChI=1S/C14H20O2/c1-10(2)9-16-14(15)12(4)13-7-5-11(3)6-8-13/h5-8,10,12H,9H2,1-4H3. The van der Waals surface area contributed by atoms with Gasteiger partial charge in [-0.25, -0.2) is 0 Å². The van der Waals surface area contributed by atoms with Crippen LogP contribution in [0.3, 0.4) is 0 Å². The minimum absolute atomic E-state index is 0.141. The van der Waals surface area contributed by atoms with Gasteiger partial charge in [-0.2, -0.15) is 0 Å². The van der Waals surface area contributed by atoms with Gasteiger partial charge in [-0.3, -0.25) is 4.79 Å². The monoisotopic (exact) mass is 220 g/mol. The molecule has 1 unspecified atom stereocenters. The molecular formula is C14H20O2. The third-order valence-corrected chi connectivity index (χ3v) is 2.49. The van der Waals surface area contributed by atoms with Gasteiger partial charge >= 0.3 is 5.97 Å². The van der Waals surface area contributed by atoms with E-state index in [-0.39, 0.29) is 11.9 Å². The van der Waals surface area contributed by atoms with Gasteiger partial charge in [-0.15, -0.1) is 0 Å². The molecule has 0 bridgehead atoms. The number of carbonyl (C=O) groups is 1. The van der Waals surface area contributed by atoms with Crippen molar-refractivity contribution in [1.29, 1.82) is 0 Å². The van der Waals surface area contributed by atoms with E-state index in [1.807, 2.05) is 52.0 Å². The van der Waals surface area contributed by atoms with Crippen LogP contribution < -0.4 is 0 Å². The first-order valence-electron chi connectivity index (χ1n) is 5.74. The largest absolute Gasteiger partial charge is 0.465 e. The first kappa shape index (κ1) is 12.8. The van der Waals surface area contributed by atoms with Gasteiger partial charge in [0.2, 0.25) is 0 Å². The molecule has 2 nitrogen and oxygen atoms in total. The first-order valence-corrected chi connectivity index (χ1v) is 5.74. The third-order valence-electron chi connectivity index (χ3n) is 2.49. The molecule has 0 aliphatic rings. The van der Waals surface area contributed by atoms with Crippen molar-refractivity contribution in [1.82, 2.24) is 0 Å². The number of esters is 1. The van der Waals surface area contributed by atoms with Gasteiger partial charge in [-0.1, -0.05) is 43.7 Å². The fraction of sp³-hybridized carbons (Fsp3) is 0.500. The lowest BCUT2D eigenvalue weighted by molar-refractivity contribution is -0.146. The maximum Gasteiger partial charge on any atom is 0.313 e. The van der Waals surface area contributed by atoms with Crippen molar-refractivity contribution in [2.75, 3.05) is 6.61 Å². The molecule has 0 heterocycles. The smallest absolute Gasteiger partial charge is 0.313 e. The van der Waals surface area contributed by atoms with Crippen LogP contribution in [0, 0.1) is 12.8 Å². The summed E-state index contributed by atoms with van der Waals surface area (Å²) in [5.41, 5.74) is 2.21. The van der Waals surface area contributed by atoms with Crippen LogP contribution in [0.1, 0.15) is 37.8 Å². The summed E-state index contributed by atoms with van der Waals surface area (Å²) in [4.78, 5) is 11.7. The van der Waals surface area contributed by atoms with Crippen LogP contribution in [-0.2, 0) is 9.53 Å². The van der Waals surface area contributed by atoms with E-state index in [0.29, 0.717) is 12.5 Å². The quantitative estimate of drug-likeness (QED) is 0.728. The van der Waals surface area contributed by atoms with E-state index >= 15 is 0 Å². The second kappa shape index (κ2) is 5.69. The maximum atomic E-state index is 11.7. The SMILES string of the molecule is Cc1ccc(C(C)C(=O)OCC(C)C)cc1. The van der Waals surface area contributed by atoms with Crippen molar-refractivity contribution in [3.05, 3.63) is 35.4 Å². The molecule has 0 aliphatic carbocycles. The highest BCUT2D eigenvalue weighted by atomic mass is 16.5. The van der Waals surface area contributed by atoms with Crippen LogP contribution in [0.2, 0.25) is 0 Å². The molecule has 1 aromatic rings. The van der Waals surface area contributed by atoms with Gasteiger partial charge in [0, 0.05) is 0 Å². The van der Waals surface area contributed by atoms with Crippen LogP contribution in [0.5, 0.6) is 0 Å². The fourth-order valence-electron chi connectivity index (χ4n) is 1.37. The molecule has 88 valence electrons. The van der Waals surface area contributed by atoms with Crippen LogP contribution in [-0.4, -0.2) is 12.6 Å². The summed E-state index contributed by atoms with van der Waals surface area (Å²) in [5.74, 6) is 0.0612. The topological polar surface area (TPSA) is 26.3 Å². The number of aryl methyl sites for hydroxylation is 1. The van der Waals surface area contributed by atoms with E-state index < -0.39 is 0 Å². The second-order valence-corrected chi connectivity index (χ2v) is 4.66. The second-order valence-electron chi connectivity index (χ2n) is 4.66. The predicted molar refractivity (Wildman–Crippen MR) is 65.4 cm³/mol. The van der Waals surface area contributed by atoms with Gasteiger partial charge in [0.15, 0.2) is 0 Å². The Bertz CT molecular complexity index is 338. The van der Waals surface area contributed by atoms with Crippen LogP contribution in [0.15, 0.2) is 24.3 Å². The summed E-state index contributed by atoms with van der Waals surface area (Å²) in [7, 11) is 0. The van der Waals surface area contributed by atoms with E-state index in [4.69, 9.17) is 4.74 Å². The highest BCUT2D eigenvalue weighted by Crippen LogP contribution is 2.17. The van der Waals surface area contributed by atoms with Crippen LogP contribution >= 0.6 is 0 Å². The molecule has 1 atom stereocenters. The van der Waals surface area contributed by atoms with Gasteiger partial charge < -0.3 is 4.74 Å². The summed E-state index contributed by atoms with van der Waals surface area (Å²) in [6.07, 6.45) is 0. The average molecular weight is 220 g/mol. The van der Waals surface area contributed by atoms with Gasteiger partial charge in [0.1, 0.15) is 0 Å². The zero-order valence-electron chi connectivity index (χ0n) is 10.5. The Balaban J connectivity index is 2.59. The summed E-state index contributed by atoms with van der Waals surface area (Å²) in [6, 6.07) is 8.00. The normalized spacial score (nSPS) is 12.6. The number of carbonyl (C=O) groups excluding carboxylic acids is 1. The number of ether oxygens (including phenoxy) is 1. The molecule has 0 N–H and O–H groups in total. The number of hydrogen-bond acceptors (Lipinski definition) is 2. The molecule has 0 saturated heterocycles. The molecule has 0 radical (unpaired) electrons. The highest BCUT2D eigenvalue weighted by Gasteiger charge is 2.16. The number of hydrogen-bond donors (Lipinski definition) is 0. The van der Waals surface area contributed by atoms with Crippen LogP contribution in [0.25, 0.3) is 0 Å². The van der Waals surface area contributed by atoms with E-state index in [9.17, 15) is 4.79 Å². The molecule has 2 heteroatoms. The zero-order valence-corrected chi connectivity index (χ0v) is 10.5. The number of benzene rings is 1. The Labute approximate surface area is 97.6 Å². The lowest BCUT2D eigenvalue weighted by atomic mass is 10.0. The van der Waals surface area contributed by atoms with E-state index in [2.05, 4.69) is 0 Å². The Morgan fingerprint density at radius 1 is 1.19 bits per heavy atom. The Hall–Kier alpha value is -1.31. The molecule has 0 aliphatic heterocycles. The van der Waals surface area contributed by atoms with Gasteiger partial charge in [-0.05, 0) is 25.3 Å². The maximum absolute atomic E-state index is 11.7. The van der Waals surface area contributed by atoms with Crippen molar-refractivity contribution in [2.45, 2.75) is 33.6 Å². The fourth-order valence-corrected chi connectivity index (χ4v) is 1.37. The predicted octanol–water partition coefficient (Wildman–Crippen LogP) is 3.30. The molecule has 0 saturated carbocycles.